The van der Waals surface area contributed by atoms with Crippen LogP contribution in [0.25, 0.3) is 5.65 Å². The first-order valence-electron chi connectivity index (χ1n) is 10.4. The fourth-order valence-electron chi connectivity index (χ4n) is 4.86. The molecule has 2 aromatic rings. The Hall–Kier alpha value is -2.12. The molecular weight excluding hydrogens is 381 g/mol. The maximum absolute atomic E-state index is 13.0. The number of carbonyl (C=O) groups excluding carboxylic acids is 1. The number of hydrogen-bond acceptors (Lipinski definition) is 3. The van der Waals surface area contributed by atoms with Gasteiger partial charge in [0.1, 0.15) is 0 Å². The molecule has 1 saturated heterocycles. The molecule has 0 aromatic carbocycles. The van der Waals surface area contributed by atoms with Gasteiger partial charge in [0.25, 0.3) is 0 Å². The second-order valence-electron chi connectivity index (χ2n) is 8.56. The van der Waals surface area contributed by atoms with E-state index in [1.807, 2.05) is 28.5 Å². The highest BCUT2D eigenvalue weighted by Gasteiger charge is 2.42. The van der Waals surface area contributed by atoms with Crippen LogP contribution in [-0.4, -0.2) is 44.7 Å². The van der Waals surface area contributed by atoms with E-state index in [1.165, 1.54) is 0 Å². The topological polar surface area (TPSA) is 50.5 Å². The molecule has 1 saturated carbocycles. The molecule has 1 amide bonds. The molecular formula is C21H27F3N4O. The van der Waals surface area contributed by atoms with Gasteiger partial charge in [-0.3, -0.25) is 4.79 Å². The largest absolute Gasteiger partial charge is 0.391 e. The number of rotatable bonds is 2. The maximum Gasteiger partial charge on any atom is 0.391 e. The standard InChI is InChI=1S/C21H27F3N4O/c1-13-10-19(16-4-3-9-27(12-16)14(2)29)28-20(25-13)11-18(26-28)15-5-7-17(8-6-15)21(22,23)24/h10-11,15-17H,3-9,12H2,1-2H3/t15?,16-,17?/m0/s1. The van der Waals surface area contributed by atoms with Crippen LogP contribution >= 0.6 is 0 Å². The van der Waals surface area contributed by atoms with Gasteiger partial charge in [-0.05, 0) is 51.5 Å². The molecule has 3 heterocycles. The Bertz CT molecular complexity index is 899. The number of hydrogen-bond donors (Lipinski definition) is 0. The van der Waals surface area contributed by atoms with Crippen molar-refractivity contribution in [1.29, 1.82) is 0 Å². The van der Waals surface area contributed by atoms with Crippen LogP contribution in [0, 0.1) is 12.8 Å². The molecule has 1 aliphatic heterocycles. The molecule has 0 spiro atoms. The Morgan fingerprint density at radius 1 is 1.10 bits per heavy atom. The summed E-state index contributed by atoms with van der Waals surface area (Å²) in [7, 11) is 0. The molecule has 5 nitrogen and oxygen atoms in total. The molecule has 2 aliphatic rings. The third-order valence-corrected chi connectivity index (χ3v) is 6.50. The normalized spacial score (nSPS) is 26.1. The van der Waals surface area contributed by atoms with Crippen LogP contribution in [0.5, 0.6) is 0 Å². The lowest BCUT2D eigenvalue weighted by molar-refractivity contribution is -0.182. The minimum Gasteiger partial charge on any atom is -0.342 e. The number of carbonyl (C=O) groups is 1. The van der Waals surface area contributed by atoms with E-state index in [1.54, 1.807) is 6.92 Å². The van der Waals surface area contributed by atoms with E-state index in [-0.39, 0.29) is 30.6 Å². The molecule has 0 N–H and O–H groups in total. The summed E-state index contributed by atoms with van der Waals surface area (Å²) in [6.07, 6.45) is -0.834. The Kier molecular flexibility index (Phi) is 5.29. The van der Waals surface area contributed by atoms with Gasteiger partial charge in [0.05, 0.1) is 17.3 Å². The van der Waals surface area contributed by atoms with Crippen molar-refractivity contribution in [2.75, 3.05) is 13.1 Å². The Morgan fingerprint density at radius 3 is 2.48 bits per heavy atom. The summed E-state index contributed by atoms with van der Waals surface area (Å²) in [5.41, 5.74) is 3.51. The average molecular weight is 408 g/mol. The first kappa shape index (κ1) is 20.2. The van der Waals surface area contributed by atoms with Crippen molar-refractivity contribution in [3.63, 3.8) is 0 Å². The predicted octanol–water partition coefficient (Wildman–Crippen LogP) is 4.60. The number of fused-ring (bicyclic) bond motifs is 1. The molecule has 4 rings (SSSR count). The average Bonchev–Trinajstić information content (AvgIpc) is 3.10. The van der Waals surface area contributed by atoms with Gasteiger partial charge >= 0.3 is 6.18 Å². The molecule has 1 atom stereocenters. The monoisotopic (exact) mass is 408 g/mol. The van der Waals surface area contributed by atoms with Crippen molar-refractivity contribution in [3.8, 4) is 0 Å². The van der Waals surface area contributed by atoms with Crippen LogP contribution < -0.4 is 0 Å². The lowest BCUT2D eigenvalue weighted by Crippen LogP contribution is -2.38. The van der Waals surface area contributed by atoms with Crippen LogP contribution in [0.4, 0.5) is 13.2 Å². The van der Waals surface area contributed by atoms with Gasteiger partial charge in [-0.1, -0.05) is 0 Å². The van der Waals surface area contributed by atoms with Crippen molar-refractivity contribution in [1.82, 2.24) is 19.5 Å². The Labute approximate surface area is 168 Å². The van der Waals surface area contributed by atoms with Gasteiger partial charge in [-0.15, -0.1) is 0 Å². The summed E-state index contributed by atoms with van der Waals surface area (Å²) >= 11 is 0. The number of alkyl halides is 3. The molecule has 0 bridgehead atoms. The second kappa shape index (κ2) is 7.61. The molecule has 158 valence electrons. The number of likely N-dealkylation sites (tertiary alicyclic amines) is 1. The van der Waals surface area contributed by atoms with E-state index in [4.69, 9.17) is 5.10 Å². The Balaban J connectivity index is 1.60. The van der Waals surface area contributed by atoms with Crippen LogP contribution in [0.15, 0.2) is 12.1 Å². The minimum atomic E-state index is -4.10. The fraction of sp³-hybridized carbons (Fsp3) is 0.667. The third kappa shape index (κ3) is 4.12. The number of amides is 1. The SMILES string of the molecule is CC(=O)N1CCC[C@H](c2cc(C)nc3cc(C4CCC(C(F)(F)F)CC4)nn23)C1. The summed E-state index contributed by atoms with van der Waals surface area (Å²) in [6, 6.07) is 3.96. The van der Waals surface area contributed by atoms with Crippen molar-refractivity contribution in [3.05, 3.63) is 29.2 Å². The van der Waals surface area contributed by atoms with Crippen LogP contribution in [0.1, 0.15) is 74.4 Å². The van der Waals surface area contributed by atoms with Gasteiger partial charge in [0.15, 0.2) is 5.65 Å². The van der Waals surface area contributed by atoms with Gasteiger partial charge in [-0.25, -0.2) is 9.50 Å². The third-order valence-electron chi connectivity index (χ3n) is 6.50. The predicted molar refractivity (Wildman–Crippen MR) is 103 cm³/mol. The summed E-state index contributed by atoms with van der Waals surface area (Å²) in [6.45, 7) is 4.99. The quantitative estimate of drug-likeness (QED) is 0.730. The zero-order valence-electron chi connectivity index (χ0n) is 16.9. The van der Waals surface area contributed by atoms with Gasteiger partial charge in [-0.2, -0.15) is 18.3 Å². The molecule has 2 fully saturated rings. The van der Waals surface area contributed by atoms with Gasteiger partial charge in [0.2, 0.25) is 5.91 Å². The van der Waals surface area contributed by atoms with Crippen LogP contribution in [-0.2, 0) is 4.79 Å². The van der Waals surface area contributed by atoms with E-state index < -0.39 is 12.1 Å². The summed E-state index contributed by atoms with van der Waals surface area (Å²) in [4.78, 5) is 18.3. The van der Waals surface area contributed by atoms with Crippen molar-refractivity contribution in [2.24, 2.45) is 5.92 Å². The highest BCUT2D eigenvalue weighted by atomic mass is 19.4. The highest BCUT2D eigenvalue weighted by molar-refractivity contribution is 5.73. The number of piperidine rings is 1. The molecule has 8 heteroatoms. The van der Waals surface area contributed by atoms with E-state index in [9.17, 15) is 18.0 Å². The van der Waals surface area contributed by atoms with E-state index in [0.717, 1.165) is 42.1 Å². The number of aryl methyl sites for hydroxylation is 1. The first-order chi connectivity index (χ1) is 13.7. The zero-order chi connectivity index (χ0) is 20.8. The zero-order valence-corrected chi connectivity index (χ0v) is 16.9. The molecule has 0 unspecified atom stereocenters. The molecule has 1 aliphatic carbocycles. The van der Waals surface area contributed by atoms with Gasteiger partial charge in [0, 0.05) is 43.6 Å². The highest BCUT2D eigenvalue weighted by Crippen LogP contribution is 2.42. The van der Waals surface area contributed by atoms with Gasteiger partial charge < -0.3 is 4.90 Å². The van der Waals surface area contributed by atoms with Crippen LogP contribution in [0.3, 0.4) is 0 Å². The van der Waals surface area contributed by atoms with Crippen molar-refractivity contribution < 1.29 is 18.0 Å². The van der Waals surface area contributed by atoms with Crippen molar-refractivity contribution >= 4 is 11.6 Å². The minimum absolute atomic E-state index is 0.0449. The summed E-state index contributed by atoms with van der Waals surface area (Å²) < 4.78 is 40.8. The lowest BCUT2D eigenvalue weighted by atomic mass is 9.80. The number of halogens is 3. The van der Waals surface area contributed by atoms with Crippen LogP contribution in [0.2, 0.25) is 0 Å². The Morgan fingerprint density at radius 2 is 1.83 bits per heavy atom. The first-order valence-corrected chi connectivity index (χ1v) is 10.4. The van der Waals surface area contributed by atoms with E-state index >= 15 is 0 Å². The maximum atomic E-state index is 13.0. The fourth-order valence-corrected chi connectivity index (χ4v) is 4.86. The second-order valence-corrected chi connectivity index (χ2v) is 8.56. The lowest BCUT2D eigenvalue weighted by Gasteiger charge is -2.32. The molecule has 29 heavy (non-hydrogen) atoms. The number of nitrogens with zero attached hydrogens (tertiary/aromatic N) is 4. The molecule has 2 aromatic heterocycles. The summed E-state index contributed by atoms with van der Waals surface area (Å²) in [5.74, 6) is -0.875. The van der Waals surface area contributed by atoms with E-state index in [0.29, 0.717) is 19.4 Å². The van der Waals surface area contributed by atoms with Crippen molar-refractivity contribution in [2.45, 2.75) is 70.4 Å². The summed E-state index contributed by atoms with van der Waals surface area (Å²) in [5, 5.41) is 4.78. The number of aromatic nitrogens is 3. The molecule has 0 radical (unpaired) electrons. The van der Waals surface area contributed by atoms with E-state index in [2.05, 4.69) is 4.98 Å². The smallest absolute Gasteiger partial charge is 0.342 e.